The fraction of sp³-hybridized carbons (Fsp3) is 0.231. The first-order chi connectivity index (χ1) is 15.7. The lowest BCUT2D eigenvalue weighted by Crippen LogP contribution is -2.41. The van der Waals surface area contributed by atoms with Crippen LogP contribution in [0.15, 0.2) is 78.9 Å². The van der Waals surface area contributed by atoms with Crippen molar-refractivity contribution in [3.8, 4) is 0 Å². The van der Waals surface area contributed by atoms with Crippen LogP contribution in [0.3, 0.4) is 0 Å². The van der Waals surface area contributed by atoms with E-state index in [2.05, 4.69) is 27.7 Å². The van der Waals surface area contributed by atoms with E-state index >= 15 is 0 Å². The summed E-state index contributed by atoms with van der Waals surface area (Å²) in [6, 6.07) is 24.9. The van der Waals surface area contributed by atoms with Gasteiger partial charge in [-0.15, -0.1) is 0 Å². The van der Waals surface area contributed by atoms with Crippen molar-refractivity contribution in [2.75, 3.05) is 43.5 Å². The zero-order valence-corrected chi connectivity index (χ0v) is 17.9. The van der Waals surface area contributed by atoms with Crippen LogP contribution in [0.5, 0.6) is 0 Å². The quantitative estimate of drug-likeness (QED) is 0.599. The van der Waals surface area contributed by atoms with Gasteiger partial charge in [0.2, 0.25) is 5.91 Å². The number of ether oxygens (including phenoxy) is 1. The van der Waals surface area contributed by atoms with Gasteiger partial charge in [0.25, 0.3) is 5.91 Å². The molecule has 1 saturated heterocycles. The highest BCUT2D eigenvalue weighted by atomic mass is 16.5. The molecule has 0 spiro atoms. The van der Waals surface area contributed by atoms with E-state index < -0.39 is 0 Å². The summed E-state index contributed by atoms with van der Waals surface area (Å²) in [7, 11) is 0. The third-order valence-corrected chi connectivity index (χ3v) is 5.40. The summed E-state index contributed by atoms with van der Waals surface area (Å²) < 4.78 is 5.31. The van der Waals surface area contributed by atoms with Gasteiger partial charge in [-0.1, -0.05) is 48.5 Å². The van der Waals surface area contributed by atoms with Crippen LogP contribution < -0.4 is 10.6 Å². The number of rotatable bonds is 7. The Bertz CT molecular complexity index is 1050. The second-order valence-corrected chi connectivity index (χ2v) is 7.79. The predicted molar refractivity (Wildman–Crippen MR) is 126 cm³/mol. The molecule has 1 aliphatic rings. The van der Waals surface area contributed by atoms with Crippen molar-refractivity contribution in [3.63, 3.8) is 0 Å². The molecule has 1 fully saturated rings. The molecule has 32 heavy (non-hydrogen) atoms. The standard InChI is InChI=1S/C26H27N3O3/c30-25(19-29-14-16-32-17-15-29)27-22-10-12-23(13-11-22)28-26(31)24-9-5-4-8-21(24)18-20-6-2-1-3-7-20/h1-13H,14-19H2,(H,27,30)(H,28,31). The molecule has 4 rings (SSSR count). The monoisotopic (exact) mass is 429 g/mol. The predicted octanol–water partition coefficient (Wildman–Crippen LogP) is 3.80. The Labute approximate surface area is 188 Å². The maximum absolute atomic E-state index is 12.9. The molecule has 0 aliphatic carbocycles. The fourth-order valence-corrected chi connectivity index (χ4v) is 3.71. The minimum atomic E-state index is -0.152. The molecule has 0 saturated carbocycles. The highest BCUT2D eigenvalue weighted by molar-refractivity contribution is 6.05. The molecular formula is C26H27N3O3. The fourth-order valence-electron chi connectivity index (χ4n) is 3.71. The minimum absolute atomic E-state index is 0.0569. The molecule has 3 aromatic rings. The van der Waals surface area contributed by atoms with Gasteiger partial charge in [0.15, 0.2) is 0 Å². The van der Waals surface area contributed by atoms with Crippen LogP contribution in [-0.2, 0) is 16.0 Å². The summed E-state index contributed by atoms with van der Waals surface area (Å²) in [5.41, 5.74) is 4.16. The first-order valence-electron chi connectivity index (χ1n) is 10.8. The zero-order valence-electron chi connectivity index (χ0n) is 17.9. The van der Waals surface area contributed by atoms with Crippen molar-refractivity contribution < 1.29 is 14.3 Å². The Morgan fingerprint density at radius 3 is 2.12 bits per heavy atom. The summed E-state index contributed by atoms with van der Waals surface area (Å²) in [6.45, 7) is 3.21. The number of carbonyl (C=O) groups excluding carboxylic acids is 2. The molecule has 0 aromatic heterocycles. The van der Waals surface area contributed by atoms with E-state index in [0.29, 0.717) is 43.1 Å². The second-order valence-electron chi connectivity index (χ2n) is 7.79. The van der Waals surface area contributed by atoms with Crippen molar-refractivity contribution in [3.05, 3.63) is 95.6 Å². The first-order valence-corrected chi connectivity index (χ1v) is 10.8. The Balaban J connectivity index is 1.35. The molecular weight excluding hydrogens is 402 g/mol. The highest BCUT2D eigenvalue weighted by Gasteiger charge is 2.15. The van der Waals surface area contributed by atoms with Crippen LogP contribution in [0.4, 0.5) is 11.4 Å². The lowest BCUT2D eigenvalue weighted by molar-refractivity contribution is -0.118. The Kier molecular flexibility index (Phi) is 7.27. The van der Waals surface area contributed by atoms with Gasteiger partial charge in [-0.25, -0.2) is 0 Å². The van der Waals surface area contributed by atoms with E-state index in [1.807, 2.05) is 42.5 Å². The van der Waals surface area contributed by atoms with Crippen molar-refractivity contribution in [1.82, 2.24) is 4.90 Å². The Hall–Kier alpha value is -3.48. The van der Waals surface area contributed by atoms with Crippen LogP contribution in [0.2, 0.25) is 0 Å². The van der Waals surface area contributed by atoms with Gasteiger partial charge in [-0.2, -0.15) is 0 Å². The minimum Gasteiger partial charge on any atom is -0.379 e. The molecule has 1 aliphatic heterocycles. The number of nitrogens with one attached hydrogen (secondary N) is 2. The van der Waals surface area contributed by atoms with Crippen LogP contribution in [-0.4, -0.2) is 49.6 Å². The van der Waals surface area contributed by atoms with Crippen LogP contribution in [0.25, 0.3) is 0 Å². The largest absolute Gasteiger partial charge is 0.379 e. The topological polar surface area (TPSA) is 70.7 Å². The number of benzene rings is 3. The first kappa shape index (κ1) is 21.7. The van der Waals surface area contributed by atoms with Gasteiger partial charge in [0, 0.05) is 30.0 Å². The molecule has 1 heterocycles. The average Bonchev–Trinajstić information content (AvgIpc) is 2.82. The van der Waals surface area contributed by atoms with Crippen molar-refractivity contribution in [1.29, 1.82) is 0 Å². The van der Waals surface area contributed by atoms with Crippen LogP contribution in [0, 0.1) is 0 Å². The molecule has 164 valence electrons. The van der Waals surface area contributed by atoms with E-state index in [4.69, 9.17) is 4.74 Å². The molecule has 0 radical (unpaired) electrons. The van der Waals surface area contributed by atoms with Crippen LogP contribution in [0.1, 0.15) is 21.5 Å². The smallest absolute Gasteiger partial charge is 0.255 e. The van der Waals surface area contributed by atoms with Crippen molar-refractivity contribution in [2.24, 2.45) is 0 Å². The lowest BCUT2D eigenvalue weighted by Gasteiger charge is -2.25. The Morgan fingerprint density at radius 2 is 1.41 bits per heavy atom. The Morgan fingerprint density at radius 1 is 0.781 bits per heavy atom. The third-order valence-electron chi connectivity index (χ3n) is 5.40. The zero-order chi connectivity index (χ0) is 22.2. The molecule has 6 heteroatoms. The number of nitrogens with zero attached hydrogens (tertiary/aromatic N) is 1. The molecule has 3 aromatic carbocycles. The molecule has 2 amide bonds. The number of hydrogen-bond acceptors (Lipinski definition) is 4. The van der Waals surface area contributed by atoms with Gasteiger partial charge in [-0.3, -0.25) is 14.5 Å². The molecule has 0 unspecified atom stereocenters. The normalized spacial score (nSPS) is 14.0. The van der Waals surface area contributed by atoms with Gasteiger partial charge < -0.3 is 15.4 Å². The third kappa shape index (κ3) is 6.03. The van der Waals surface area contributed by atoms with Crippen molar-refractivity contribution >= 4 is 23.2 Å². The van der Waals surface area contributed by atoms with E-state index in [0.717, 1.165) is 24.2 Å². The molecule has 0 atom stereocenters. The van der Waals surface area contributed by atoms with E-state index in [1.165, 1.54) is 0 Å². The van der Waals surface area contributed by atoms with Gasteiger partial charge in [0.1, 0.15) is 0 Å². The van der Waals surface area contributed by atoms with Gasteiger partial charge in [0.05, 0.1) is 19.8 Å². The molecule has 0 bridgehead atoms. The number of carbonyl (C=O) groups is 2. The average molecular weight is 430 g/mol. The number of amides is 2. The molecule has 2 N–H and O–H groups in total. The second kappa shape index (κ2) is 10.7. The maximum Gasteiger partial charge on any atom is 0.255 e. The maximum atomic E-state index is 12.9. The summed E-state index contributed by atoms with van der Waals surface area (Å²) in [5, 5.41) is 5.86. The SMILES string of the molecule is O=C(CN1CCOCC1)Nc1ccc(NC(=O)c2ccccc2Cc2ccccc2)cc1. The van der Waals surface area contributed by atoms with E-state index in [9.17, 15) is 9.59 Å². The number of hydrogen-bond donors (Lipinski definition) is 2. The van der Waals surface area contributed by atoms with Crippen LogP contribution >= 0.6 is 0 Å². The van der Waals surface area contributed by atoms with Crippen molar-refractivity contribution in [2.45, 2.75) is 6.42 Å². The lowest BCUT2D eigenvalue weighted by atomic mass is 9.99. The summed E-state index contributed by atoms with van der Waals surface area (Å²) in [4.78, 5) is 27.2. The number of morpholine rings is 1. The highest BCUT2D eigenvalue weighted by Crippen LogP contribution is 2.18. The summed E-state index contributed by atoms with van der Waals surface area (Å²) in [5.74, 6) is -0.209. The van der Waals surface area contributed by atoms with E-state index in [-0.39, 0.29) is 11.8 Å². The van der Waals surface area contributed by atoms with Gasteiger partial charge >= 0.3 is 0 Å². The van der Waals surface area contributed by atoms with Gasteiger partial charge in [-0.05, 0) is 47.9 Å². The molecule has 6 nitrogen and oxygen atoms in total. The summed E-state index contributed by atoms with van der Waals surface area (Å²) >= 11 is 0. The summed E-state index contributed by atoms with van der Waals surface area (Å²) in [6.07, 6.45) is 0.693. The van der Waals surface area contributed by atoms with E-state index in [1.54, 1.807) is 24.3 Å². The number of anilines is 2.